The number of rotatable bonds is 5. The van der Waals surface area contributed by atoms with E-state index in [-0.39, 0.29) is 36.9 Å². The molecule has 2 atom stereocenters. The molecule has 114 valence electrons. The molecule has 1 aromatic carbocycles. The third kappa shape index (κ3) is 4.03. The molecule has 21 heavy (non-hydrogen) atoms. The summed E-state index contributed by atoms with van der Waals surface area (Å²) in [5.74, 6) is -0.252. The average Bonchev–Trinajstić information content (AvgIpc) is 2.91. The largest absolute Gasteiger partial charge is 0.395 e. The zero-order valence-corrected chi connectivity index (χ0v) is 12.1. The lowest BCUT2D eigenvalue weighted by Gasteiger charge is -2.15. The Morgan fingerprint density at radius 3 is 2.62 bits per heavy atom. The second-order valence-corrected chi connectivity index (χ2v) is 5.18. The van der Waals surface area contributed by atoms with Crippen LogP contribution in [0, 0.1) is 5.92 Å². The molecule has 0 spiro atoms. The van der Waals surface area contributed by atoms with E-state index in [1.807, 2.05) is 6.92 Å². The summed E-state index contributed by atoms with van der Waals surface area (Å²) in [5, 5.41) is 17.4. The molecular formula is C15H21N3O3. The minimum Gasteiger partial charge on any atom is -0.395 e. The van der Waals surface area contributed by atoms with Gasteiger partial charge in [0, 0.05) is 23.8 Å². The molecule has 2 unspecified atom stereocenters. The summed E-state index contributed by atoms with van der Waals surface area (Å²) < 4.78 is 0. The van der Waals surface area contributed by atoms with E-state index in [9.17, 15) is 9.59 Å². The van der Waals surface area contributed by atoms with Crippen molar-refractivity contribution >= 4 is 17.5 Å². The van der Waals surface area contributed by atoms with Gasteiger partial charge in [-0.05, 0) is 44.2 Å². The van der Waals surface area contributed by atoms with Gasteiger partial charge >= 0.3 is 0 Å². The predicted octanol–water partition coefficient (Wildman–Crippen LogP) is 0.345. The molecule has 0 bridgehead atoms. The predicted molar refractivity (Wildman–Crippen MR) is 80.1 cm³/mol. The van der Waals surface area contributed by atoms with E-state index in [4.69, 9.17) is 5.11 Å². The highest BCUT2D eigenvalue weighted by molar-refractivity contribution is 5.96. The minimum absolute atomic E-state index is 0.00461. The van der Waals surface area contributed by atoms with Gasteiger partial charge in [0.05, 0.1) is 12.5 Å². The van der Waals surface area contributed by atoms with Crippen LogP contribution in [0.1, 0.15) is 23.7 Å². The van der Waals surface area contributed by atoms with E-state index in [0.717, 1.165) is 13.0 Å². The zero-order valence-electron chi connectivity index (χ0n) is 12.1. The fourth-order valence-corrected chi connectivity index (χ4v) is 2.43. The molecule has 2 amide bonds. The molecule has 1 fully saturated rings. The number of nitrogens with one attached hydrogen (secondary N) is 3. The fourth-order valence-electron chi connectivity index (χ4n) is 2.43. The summed E-state index contributed by atoms with van der Waals surface area (Å²) in [7, 11) is 0. The number of anilines is 1. The van der Waals surface area contributed by atoms with Gasteiger partial charge < -0.3 is 21.1 Å². The highest BCUT2D eigenvalue weighted by atomic mass is 16.3. The van der Waals surface area contributed by atoms with E-state index in [1.165, 1.54) is 0 Å². The number of aliphatic hydroxyl groups is 1. The third-order valence-corrected chi connectivity index (χ3v) is 3.67. The van der Waals surface area contributed by atoms with E-state index >= 15 is 0 Å². The van der Waals surface area contributed by atoms with E-state index in [2.05, 4.69) is 16.0 Å². The summed E-state index contributed by atoms with van der Waals surface area (Å²) in [6, 6.07) is 6.91. The molecule has 0 aromatic heterocycles. The van der Waals surface area contributed by atoms with Gasteiger partial charge in [0.1, 0.15) is 0 Å². The molecule has 0 radical (unpaired) electrons. The molecule has 2 rings (SSSR count). The van der Waals surface area contributed by atoms with Gasteiger partial charge in [0.15, 0.2) is 0 Å². The van der Waals surface area contributed by atoms with Gasteiger partial charge in [0.25, 0.3) is 5.91 Å². The van der Waals surface area contributed by atoms with Crippen molar-refractivity contribution in [3.63, 3.8) is 0 Å². The molecule has 1 aliphatic heterocycles. The monoisotopic (exact) mass is 291 g/mol. The van der Waals surface area contributed by atoms with Crippen molar-refractivity contribution < 1.29 is 14.7 Å². The second kappa shape index (κ2) is 7.19. The van der Waals surface area contributed by atoms with Crippen molar-refractivity contribution in [2.24, 2.45) is 5.92 Å². The second-order valence-electron chi connectivity index (χ2n) is 5.18. The van der Waals surface area contributed by atoms with Crippen LogP contribution < -0.4 is 16.0 Å². The Balaban J connectivity index is 1.93. The number of hydrogen-bond acceptors (Lipinski definition) is 4. The Kier molecular flexibility index (Phi) is 5.30. The fraction of sp³-hybridized carbons (Fsp3) is 0.467. The van der Waals surface area contributed by atoms with Gasteiger partial charge in [-0.1, -0.05) is 0 Å². The maximum atomic E-state index is 12.1. The van der Waals surface area contributed by atoms with Crippen molar-refractivity contribution in [1.82, 2.24) is 10.6 Å². The Bertz CT molecular complexity index is 501. The first-order chi connectivity index (χ1) is 10.1. The molecule has 1 aliphatic rings. The smallest absolute Gasteiger partial charge is 0.251 e. The summed E-state index contributed by atoms with van der Waals surface area (Å²) >= 11 is 0. The van der Waals surface area contributed by atoms with E-state index in [1.54, 1.807) is 24.3 Å². The first-order valence-corrected chi connectivity index (χ1v) is 7.15. The van der Waals surface area contributed by atoms with Gasteiger partial charge in [-0.15, -0.1) is 0 Å². The lowest BCUT2D eigenvalue weighted by atomic mass is 10.0. The third-order valence-electron chi connectivity index (χ3n) is 3.67. The lowest BCUT2D eigenvalue weighted by molar-refractivity contribution is -0.120. The summed E-state index contributed by atoms with van der Waals surface area (Å²) in [4.78, 5) is 23.8. The minimum atomic E-state index is -0.240. The van der Waals surface area contributed by atoms with Crippen LogP contribution in [-0.2, 0) is 4.79 Å². The average molecular weight is 291 g/mol. The number of benzene rings is 1. The van der Waals surface area contributed by atoms with Crippen LogP contribution in [0.2, 0.25) is 0 Å². The number of carbonyl (C=O) groups is 2. The molecule has 6 heteroatoms. The Labute approximate surface area is 123 Å². The van der Waals surface area contributed by atoms with E-state index < -0.39 is 0 Å². The number of hydrogen-bond donors (Lipinski definition) is 4. The topological polar surface area (TPSA) is 90.5 Å². The Morgan fingerprint density at radius 1 is 1.33 bits per heavy atom. The summed E-state index contributed by atoms with van der Waals surface area (Å²) in [6.07, 6.45) is 0.842. The normalized spacial score (nSPS) is 21.0. The first-order valence-electron chi connectivity index (χ1n) is 7.15. The van der Waals surface area contributed by atoms with Gasteiger partial charge in [0.2, 0.25) is 5.91 Å². The van der Waals surface area contributed by atoms with Crippen LogP contribution in [0.3, 0.4) is 0 Å². The first kappa shape index (κ1) is 15.5. The molecule has 0 saturated carbocycles. The molecule has 6 nitrogen and oxygen atoms in total. The summed E-state index contributed by atoms with van der Waals surface area (Å²) in [6.45, 7) is 3.01. The molecule has 1 heterocycles. The Morgan fingerprint density at radius 2 is 2.05 bits per heavy atom. The molecule has 0 aliphatic carbocycles. The standard InChI is InChI=1S/C15H21N3O3/c1-10-13(6-7-16-10)15(21)18-12-4-2-11(3-5-12)14(20)17-8-9-19/h2-5,10,13,16,19H,6-9H2,1H3,(H,17,20)(H,18,21). The van der Waals surface area contributed by atoms with Gasteiger partial charge in [-0.25, -0.2) is 0 Å². The lowest BCUT2D eigenvalue weighted by Crippen LogP contribution is -2.32. The van der Waals surface area contributed by atoms with Crippen molar-refractivity contribution in [2.75, 3.05) is 25.0 Å². The number of carbonyl (C=O) groups excluding carboxylic acids is 2. The van der Waals surface area contributed by atoms with Crippen LogP contribution in [-0.4, -0.2) is 42.7 Å². The van der Waals surface area contributed by atoms with Crippen molar-refractivity contribution in [2.45, 2.75) is 19.4 Å². The summed E-state index contributed by atoms with van der Waals surface area (Å²) in [5.41, 5.74) is 1.18. The van der Waals surface area contributed by atoms with Gasteiger partial charge in [-0.3, -0.25) is 9.59 Å². The van der Waals surface area contributed by atoms with E-state index in [0.29, 0.717) is 11.3 Å². The van der Waals surface area contributed by atoms with Crippen LogP contribution in [0.5, 0.6) is 0 Å². The molecule has 1 aromatic rings. The van der Waals surface area contributed by atoms with Crippen molar-refractivity contribution in [3.05, 3.63) is 29.8 Å². The van der Waals surface area contributed by atoms with Crippen LogP contribution >= 0.6 is 0 Å². The van der Waals surface area contributed by atoms with Crippen LogP contribution in [0.25, 0.3) is 0 Å². The van der Waals surface area contributed by atoms with Crippen LogP contribution in [0.4, 0.5) is 5.69 Å². The van der Waals surface area contributed by atoms with Crippen molar-refractivity contribution in [3.8, 4) is 0 Å². The maximum absolute atomic E-state index is 12.1. The molecule has 1 saturated heterocycles. The van der Waals surface area contributed by atoms with Crippen molar-refractivity contribution in [1.29, 1.82) is 0 Å². The SMILES string of the molecule is CC1NCCC1C(=O)Nc1ccc(C(=O)NCCO)cc1. The molecular weight excluding hydrogens is 270 g/mol. The number of aliphatic hydroxyl groups excluding tert-OH is 1. The zero-order chi connectivity index (χ0) is 15.2. The number of amides is 2. The molecule has 4 N–H and O–H groups in total. The highest BCUT2D eigenvalue weighted by Gasteiger charge is 2.29. The van der Waals surface area contributed by atoms with Crippen LogP contribution in [0.15, 0.2) is 24.3 Å². The highest BCUT2D eigenvalue weighted by Crippen LogP contribution is 2.18. The quantitative estimate of drug-likeness (QED) is 0.630. The Hall–Kier alpha value is -1.92. The van der Waals surface area contributed by atoms with Gasteiger partial charge in [-0.2, -0.15) is 0 Å². The maximum Gasteiger partial charge on any atom is 0.251 e.